The molecule has 0 radical (unpaired) electrons. The van der Waals surface area contributed by atoms with E-state index in [0.717, 1.165) is 51.4 Å². The largest absolute Gasteiger partial charge is 0.495 e. The summed E-state index contributed by atoms with van der Waals surface area (Å²) >= 11 is 0. The average Bonchev–Trinajstić information content (AvgIpc) is 3.23. The Hall–Kier alpha value is -1.63. The number of carbonyl (C=O) groups is 1. The van der Waals surface area contributed by atoms with Crippen molar-refractivity contribution in [2.24, 2.45) is 46.3 Å². The maximum absolute atomic E-state index is 12.8. The van der Waals surface area contributed by atoms with E-state index in [-0.39, 0.29) is 34.9 Å². The molecule has 4 fully saturated rings. The lowest BCUT2D eigenvalue weighted by Gasteiger charge is -2.63. The molecule has 37 heavy (non-hydrogen) atoms. The SMILES string of the molecule is COc1ccccc1NC(=O)CC[C@@H](C)[C@@H]1CC[C@@H]2[C@@H]3[C@H](O)C[C@H]4C[C@H](O)CC[C@]4(C)[C@@H]3C[C@H](O)[C@@]21C. The fraction of sp³-hybridized carbons (Fsp3) is 0.774. The van der Waals surface area contributed by atoms with Crippen LogP contribution in [0.4, 0.5) is 5.69 Å². The van der Waals surface area contributed by atoms with E-state index in [1.165, 1.54) is 0 Å². The minimum absolute atomic E-state index is 0.0125. The highest BCUT2D eigenvalue weighted by atomic mass is 16.5. The van der Waals surface area contributed by atoms with Crippen LogP contribution in [-0.4, -0.2) is 46.6 Å². The van der Waals surface area contributed by atoms with Gasteiger partial charge in [0.25, 0.3) is 0 Å². The van der Waals surface area contributed by atoms with Crippen LogP contribution >= 0.6 is 0 Å². The number of carbonyl (C=O) groups excluding carboxylic acids is 1. The van der Waals surface area contributed by atoms with Crippen LogP contribution < -0.4 is 10.1 Å². The number of para-hydroxylation sites is 2. The highest BCUT2D eigenvalue weighted by Gasteiger charge is 2.65. The van der Waals surface area contributed by atoms with Crippen LogP contribution in [0.2, 0.25) is 0 Å². The molecule has 0 heterocycles. The number of hydrogen-bond donors (Lipinski definition) is 4. The summed E-state index contributed by atoms with van der Waals surface area (Å²) in [6, 6.07) is 7.46. The quantitative estimate of drug-likeness (QED) is 0.429. The van der Waals surface area contributed by atoms with Gasteiger partial charge in [0, 0.05) is 6.42 Å². The molecule has 6 heteroatoms. The molecule has 1 aromatic carbocycles. The highest BCUT2D eigenvalue weighted by molar-refractivity contribution is 5.92. The van der Waals surface area contributed by atoms with Crippen molar-refractivity contribution in [3.8, 4) is 5.75 Å². The van der Waals surface area contributed by atoms with Crippen LogP contribution in [0.15, 0.2) is 24.3 Å². The van der Waals surface area contributed by atoms with Crippen LogP contribution in [0.5, 0.6) is 5.75 Å². The van der Waals surface area contributed by atoms with E-state index in [1.54, 1.807) is 7.11 Å². The van der Waals surface area contributed by atoms with Crippen LogP contribution in [0.1, 0.15) is 78.6 Å². The predicted octanol–water partition coefficient (Wildman–Crippen LogP) is 5.01. The average molecular weight is 514 g/mol. The third-order valence-electron chi connectivity index (χ3n) is 11.7. The molecular formula is C31H47NO5. The second kappa shape index (κ2) is 10.2. The maximum Gasteiger partial charge on any atom is 0.224 e. The van der Waals surface area contributed by atoms with E-state index >= 15 is 0 Å². The molecule has 0 spiro atoms. The first-order chi connectivity index (χ1) is 17.6. The number of aliphatic hydroxyl groups excluding tert-OH is 3. The normalized spacial score (nSPS) is 43.8. The lowest BCUT2D eigenvalue weighted by atomic mass is 9.43. The number of fused-ring (bicyclic) bond motifs is 5. The topological polar surface area (TPSA) is 99.0 Å². The van der Waals surface area contributed by atoms with Crippen molar-refractivity contribution in [1.82, 2.24) is 0 Å². The molecule has 1 amide bonds. The van der Waals surface area contributed by atoms with Gasteiger partial charge in [-0.1, -0.05) is 32.9 Å². The Kier molecular flexibility index (Phi) is 7.40. The standard InChI is InChI=1S/C31H47NO5/c1-18(9-12-28(36)32-24-7-5-6-8-26(24)37-4)21-10-11-22-29-23(17-27(35)31(21,22)3)30(2)14-13-20(33)15-19(30)16-25(29)34/h5-8,18-23,25,27,29,33-35H,9-17H2,1-4H3,(H,32,36)/t18-,19-,20-,21+,22-,23-,25-,27+,29+,30+,31-/m1/s1. The number of amides is 1. The number of ether oxygens (including phenoxy) is 1. The predicted molar refractivity (Wildman–Crippen MR) is 144 cm³/mol. The molecule has 0 aromatic heterocycles. The van der Waals surface area contributed by atoms with E-state index in [2.05, 4.69) is 26.1 Å². The van der Waals surface area contributed by atoms with Crippen molar-refractivity contribution in [2.45, 2.75) is 96.9 Å². The van der Waals surface area contributed by atoms with Gasteiger partial charge in [-0.3, -0.25) is 4.79 Å². The number of hydrogen-bond acceptors (Lipinski definition) is 5. The third kappa shape index (κ3) is 4.51. The monoisotopic (exact) mass is 513 g/mol. The van der Waals surface area contributed by atoms with Crippen molar-refractivity contribution < 1.29 is 24.9 Å². The summed E-state index contributed by atoms with van der Waals surface area (Å²) in [4.78, 5) is 12.8. The van der Waals surface area contributed by atoms with Crippen molar-refractivity contribution in [1.29, 1.82) is 0 Å². The lowest BCUT2D eigenvalue weighted by molar-refractivity contribution is -0.207. The molecule has 4 saturated carbocycles. The zero-order chi connectivity index (χ0) is 26.5. The third-order valence-corrected chi connectivity index (χ3v) is 11.7. The Balaban J connectivity index is 1.28. The van der Waals surface area contributed by atoms with E-state index in [9.17, 15) is 20.1 Å². The summed E-state index contributed by atoms with van der Waals surface area (Å²) in [5, 5.41) is 36.5. The van der Waals surface area contributed by atoms with Gasteiger partial charge in [-0.15, -0.1) is 0 Å². The zero-order valence-corrected chi connectivity index (χ0v) is 23.0. The second-order valence-corrected chi connectivity index (χ2v) is 13.3. The first-order valence-corrected chi connectivity index (χ1v) is 14.6. The van der Waals surface area contributed by atoms with Crippen molar-refractivity contribution in [3.63, 3.8) is 0 Å². The van der Waals surface area contributed by atoms with Crippen LogP contribution in [0, 0.1) is 46.3 Å². The molecule has 4 aliphatic rings. The molecule has 11 atom stereocenters. The number of rotatable bonds is 6. The Bertz CT molecular complexity index is 984. The molecule has 206 valence electrons. The molecule has 5 rings (SSSR count). The summed E-state index contributed by atoms with van der Waals surface area (Å²) < 4.78 is 5.36. The Morgan fingerprint density at radius 3 is 2.59 bits per heavy atom. The molecule has 0 aliphatic heterocycles. The van der Waals surface area contributed by atoms with Crippen molar-refractivity contribution in [3.05, 3.63) is 24.3 Å². The maximum atomic E-state index is 12.8. The van der Waals surface area contributed by atoms with Gasteiger partial charge < -0.3 is 25.4 Å². The van der Waals surface area contributed by atoms with Gasteiger partial charge in [0.1, 0.15) is 5.75 Å². The van der Waals surface area contributed by atoms with Gasteiger partial charge in [0.05, 0.1) is 31.1 Å². The van der Waals surface area contributed by atoms with E-state index in [4.69, 9.17) is 4.74 Å². The van der Waals surface area contributed by atoms with Gasteiger partial charge in [0.15, 0.2) is 0 Å². The molecule has 4 aliphatic carbocycles. The molecule has 4 N–H and O–H groups in total. The van der Waals surface area contributed by atoms with Crippen molar-refractivity contribution in [2.75, 3.05) is 12.4 Å². The zero-order valence-electron chi connectivity index (χ0n) is 23.0. The molecular weight excluding hydrogens is 466 g/mol. The Labute approximate surface area is 222 Å². The summed E-state index contributed by atoms with van der Waals surface area (Å²) in [6.07, 6.45) is 6.42. The van der Waals surface area contributed by atoms with Gasteiger partial charge in [0.2, 0.25) is 5.91 Å². The summed E-state index contributed by atoms with van der Waals surface area (Å²) in [5.41, 5.74) is 0.543. The molecule has 0 bridgehead atoms. The number of anilines is 1. The Morgan fingerprint density at radius 1 is 1.08 bits per heavy atom. The minimum Gasteiger partial charge on any atom is -0.495 e. The van der Waals surface area contributed by atoms with E-state index in [1.807, 2.05) is 24.3 Å². The van der Waals surface area contributed by atoms with Gasteiger partial charge in [-0.25, -0.2) is 0 Å². The first kappa shape index (κ1) is 27.0. The van der Waals surface area contributed by atoms with Crippen LogP contribution in [0.25, 0.3) is 0 Å². The molecule has 6 nitrogen and oxygen atoms in total. The summed E-state index contributed by atoms with van der Waals surface area (Å²) in [6.45, 7) is 6.88. The Morgan fingerprint density at radius 2 is 1.84 bits per heavy atom. The fourth-order valence-corrected chi connectivity index (χ4v) is 9.65. The van der Waals surface area contributed by atoms with Gasteiger partial charge >= 0.3 is 0 Å². The van der Waals surface area contributed by atoms with Crippen molar-refractivity contribution >= 4 is 11.6 Å². The highest BCUT2D eigenvalue weighted by Crippen LogP contribution is 2.68. The number of methoxy groups -OCH3 is 1. The van der Waals surface area contributed by atoms with E-state index < -0.39 is 6.10 Å². The molecule has 1 aromatic rings. The second-order valence-electron chi connectivity index (χ2n) is 13.3. The minimum atomic E-state index is -0.397. The van der Waals surface area contributed by atoms with E-state index in [0.29, 0.717) is 47.4 Å². The number of nitrogens with one attached hydrogen (secondary N) is 1. The number of benzene rings is 1. The van der Waals surface area contributed by atoms with Gasteiger partial charge in [-0.2, -0.15) is 0 Å². The summed E-state index contributed by atoms with van der Waals surface area (Å²) in [5.74, 6) is 2.44. The van der Waals surface area contributed by atoms with Gasteiger partial charge in [-0.05, 0) is 110 Å². The first-order valence-electron chi connectivity index (χ1n) is 14.6. The number of aliphatic hydroxyl groups is 3. The smallest absolute Gasteiger partial charge is 0.224 e. The van der Waals surface area contributed by atoms with Crippen LogP contribution in [0.3, 0.4) is 0 Å². The molecule has 0 saturated heterocycles. The molecule has 0 unspecified atom stereocenters. The van der Waals surface area contributed by atoms with Crippen LogP contribution in [-0.2, 0) is 4.79 Å². The lowest BCUT2D eigenvalue weighted by Crippen LogP contribution is -2.62. The summed E-state index contributed by atoms with van der Waals surface area (Å²) in [7, 11) is 1.60. The fourth-order valence-electron chi connectivity index (χ4n) is 9.65.